The molecular formula is C21H31N2NaO3. The van der Waals surface area contributed by atoms with Crippen LogP contribution in [-0.2, 0) is 16.0 Å². The summed E-state index contributed by atoms with van der Waals surface area (Å²) in [6.07, 6.45) is 10.5. The molecule has 0 aliphatic heterocycles. The van der Waals surface area contributed by atoms with E-state index in [1.54, 1.807) is 0 Å². The Kier molecular flexibility index (Phi) is 11.4. The zero-order valence-electron chi connectivity index (χ0n) is 15.6. The van der Waals surface area contributed by atoms with E-state index < -0.39 is 12.0 Å². The molecule has 0 bridgehead atoms. The van der Waals surface area contributed by atoms with Gasteiger partial charge < -0.3 is 15.4 Å². The van der Waals surface area contributed by atoms with Crippen LogP contribution in [0.5, 0.6) is 0 Å². The van der Waals surface area contributed by atoms with Crippen LogP contribution < -0.4 is 5.32 Å². The van der Waals surface area contributed by atoms with Gasteiger partial charge in [-0.1, -0.05) is 63.6 Å². The van der Waals surface area contributed by atoms with Crippen LogP contribution in [0.4, 0.5) is 0 Å². The van der Waals surface area contributed by atoms with Crippen molar-refractivity contribution in [2.45, 2.75) is 70.8 Å². The summed E-state index contributed by atoms with van der Waals surface area (Å²) in [6.45, 7) is 2.19. The Bertz CT molecular complexity index is 714. The predicted octanol–water partition coefficient (Wildman–Crippen LogP) is 3.77. The zero-order chi connectivity index (χ0) is 18.8. The van der Waals surface area contributed by atoms with Gasteiger partial charge in [0.05, 0.1) is 0 Å². The van der Waals surface area contributed by atoms with Gasteiger partial charge in [0, 0.05) is 29.9 Å². The van der Waals surface area contributed by atoms with E-state index in [9.17, 15) is 14.7 Å². The van der Waals surface area contributed by atoms with Gasteiger partial charge in [0.15, 0.2) is 0 Å². The minimum atomic E-state index is -0.997. The fourth-order valence-electron chi connectivity index (χ4n) is 3.23. The molecule has 1 heterocycles. The van der Waals surface area contributed by atoms with Crippen molar-refractivity contribution >= 4 is 52.3 Å². The SMILES string of the molecule is CCCCCCCCCC(=O)NC(Cc1c[nH]c2ccccc12)C(=O)O.[NaH]. The van der Waals surface area contributed by atoms with Gasteiger partial charge in [0.25, 0.3) is 0 Å². The molecule has 2 rings (SSSR count). The molecule has 1 aromatic carbocycles. The van der Waals surface area contributed by atoms with E-state index >= 15 is 0 Å². The van der Waals surface area contributed by atoms with Crippen molar-refractivity contribution in [3.05, 3.63) is 36.0 Å². The van der Waals surface area contributed by atoms with E-state index in [0.29, 0.717) is 6.42 Å². The van der Waals surface area contributed by atoms with Crippen molar-refractivity contribution in [1.29, 1.82) is 0 Å². The van der Waals surface area contributed by atoms with Gasteiger partial charge in [-0.3, -0.25) is 4.79 Å². The average Bonchev–Trinajstić information content (AvgIpc) is 3.03. The van der Waals surface area contributed by atoms with Crippen LogP contribution in [0, 0.1) is 0 Å². The third kappa shape index (κ3) is 8.08. The van der Waals surface area contributed by atoms with Crippen molar-refractivity contribution in [3.63, 3.8) is 0 Å². The molecule has 144 valence electrons. The van der Waals surface area contributed by atoms with E-state index in [4.69, 9.17) is 0 Å². The number of para-hydroxylation sites is 1. The summed E-state index contributed by atoms with van der Waals surface area (Å²) < 4.78 is 0. The Morgan fingerprint density at radius 1 is 1.07 bits per heavy atom. The van der Waals surface area contributed by atoms with E-state index in [1.165, 1.54) is 25.7 Å². The molecule has 1 unspecified atom stereocenters. The number of H-pyrrole nitrogens is 1. The summed E-state index contributed by atoms with van der Waals surface area (Å²) in [5.74, 6) is -1.17. The molecule has 5 nitrogen and oxygen atoms in total. The molecule has 6 heteroatoms. The number of aromatic nitrogens is 1. The van der Waals surface area contributed by atoms with Crippen molar-refractivity contribution < 1.29 is 14.7 Å². The molecular weight excluding hydrogens is 351 g/mol. The van der Waals surface area contributed by atoms with Gasteiger partial charge in [-0.2, -0.15) is 0 Å². The standard InChI is InChI=1S/C21H30N2O3.Na.H/c1-2-3-4-5-6-7-8-13-20(24)23-19(21(25)26)14-16-15-22-18-12-10-9-11-17(16)18;;/h9-12,15,19,22H,2-8,13-14H2,1H3,(H,23,24)(H,25,26);;. The number of fused-ring (bicyclic) bond motifs is 1. The minimum absolute atomic E-state index is 0. The maximum atomic E-state index is 12.1. The Labute approximate surface area is 183 Å². The Balaban J connectivity index is 0.00000364. The molecule has 0 radical (unpaired) electrons. The predicted molar refractivity (Wildman–Crippen MR) is 111 cm³/mol. The second kappa shape index (κ2) is 13.0. The second-order valence-corrected chi connectivity index (χ2v) is 6.89. The van der Waals surface area contributed by atoms with Gasteiger partial charge in [-0.25, -0.2) is 4.79 Å². The van der Waals surface area contributed by atoms with E-state index in [-0.39, 0.29) is 41.9 Å². The third-order valence-corrected chi connectivity index (χ3v) is 4.74. The van der Waals surface area contributed by atoms with E-state index in [0.717, 1.165) is 35.7 Å². The summed E-state index contributed by atoms with van der Waals surface area (Å²) in [5, 5.41) is 13.1. The molecule has 27 heavy (non-hydrogen) atoms. The number of hydrogen-bond acceptors (Lipinski definition) is 2. The number of carboxylic acid groups (broad SMARTS) is 1. The van der Waals surface area contributed by atoms with Crippen LogP contribution >= 0.6 is 0 Å². The molecule has 1 aromatic heterocycles. The molecule has 0 aliphatic carbocycles. The molecule has 0 saturated heterocycles. The molecule has 1 amide bonds. The number of carbonyl (C=O) groups excluding carboxylic acids is 1. The van der Waals surface area contributed by atoms with Crippen LogP contribution in [0.25, 0.3) is 10.9 Å². The van der Waals surface area contributed by atoms with Crippen molar-refractivity contribution in [2.24, 2.45) is 0 Å². The monoisotopic (exact) mass is 382 g/mol. The van der Waals surface area contributed by atoms with Crippen molar-refractivity contribution in [2.75, 3.05) is 0 Å². The first kappa shape index (κ1) is 23.7. The number of hydrogen-bond donors (Lipinski definition) is 3. The maximum absolute atomic E-state index is 12.1. The average molecular weight is 382 g/mol. The molecule has 0 saturated carbocycles. The fourth-order valence-corrected chi connectivity index (χ4v) is 3.23. The number of aromatic amines is 1. The molecule has 2 aromatic rings. The van der Waals surface area contributed by atoms with Crippen LogP contribution in [0.2, 0.25) is 0 Å². The van der Waals surface area contributed by atoms with E-state index in [1.807, 2.05) is 30.5 Å². The van der Waals surface area contributed by atoms with Crippen LogP contribution in [0.3, 0.4) is 0 Å². The van der Waals surface area contributed by atoms with Crippen molar-refractivity contribution in [1.82, 2.24) is 10.3 Å². The summed E-state index contributed by atoms with van der Waals surface area (Å²) in [7, 11) is 0. The number of aliphatic carboxylic acids is 1. The molecule has 0 aliphatic rings. The van der Waals surface area contributed by atoms with Gasteiger partial charge in [0.2, 0.25) is 5.91 Å². The number of unbranched alkanes of at least 4 members (excludes halogenated alkanes) is 6. The van der Waals surface area contributed by atoms with Crippen molar-refractivity contribution in [3.8, 4) is 0 Å². The number of amides is 1. The first-order valence-electron chi connectivity index (χ1n) is 9.69. The van der Waals surface area contributed by atoms with Crippen LogP contribution in [0.1, 0.15) is 63.9 Å². The first-order chi connectivity index (χ1) is 12.6. The van der Waals surface area contributed by atoms with Crippen LogP contribution in [0.15, 0.2) is 30.5 Å². The van der Waals surface area contributed by atoms with Gasteiger partial charge in [0.1, 0.15) is 6.04 Å². The summed E-state index contributed by atoms with van der Waals surface area (Å²) in [6, 6.07) is 6.87. The molecule has 0 fully saturated rings. The molecule has 0 spiro atoms. The summed E-state index contributed by atoms with van der Waals surface area (Å²) in [5.41, 5.74) is 1.88. The fraction of sp³-hybridized carbons (Fsp3) is 0.524. The number of nitrogens with one attached hydrogen (secondary N) is 2. The summed E-state index contributed by atoms with van der Waals surface area (Å²) in [4.78, 5) is 26.8. The molecule has 1 atom stereocenters. The quantitative estimate of drug-likeness (QED) is 0.386. The summed E-state index contributed by atoms with van der Waals surface area (Å²) >= 11 is 0. The van der Waals surface area contributed by atoms with Crippen LogP contribution in [-0.4, -0.2) is 57.6 Å². The Morgan fingerprint density at radius 3 is 2.44 bits per heavy atom. The van der Waals surface area contributed by atoms with E-state index in [2.05, 4.69) is 17.2 Å². The molecule has 3 N–H and O–H groups in total. The topological polar surface area (TPSA) is 82.2 Å². The normalized spacial score (nSPS) is 11.7. The Morgan fingerprint density at radius 2 is 1.74 bits per heavy atom. The van der Waals surface area contributed by atoms with Gasteiger partial charge >= 0.3 is 35.5 Å². The van der Waals surface area contributed by atoms with Gasteiger partial charge in [-0.15, -0.1) is 0 Å². The zero-order valence-corrected chi connectivity index (χ0v) is 15.6. The number of benzene rings is 1. The Hall–Kier alpha value is -1.30. The third-order valence-electron chi connectivity index (χ3n) is 4.74. The second-order valence-electron chi connectivity index (χ2n) is 6.89. The number of carbonyl (C=O) groups is 2. The number of carboxylic acids is 1. The number of rotatable bonds is 12. The first-order valence-corrected chi connectivity index (χ1v) is 9.69. The van der Waals surface area contributed by atoms with Gasteiger partial charge in [-0.05, 0) is 18.1 Å².